The van der Waals surface area contributed by atoms with E-state index < -0.39 is 15.9 Å². The van der Waals surface area contributed by atoms with Gasteiger partial charge in [-0.25, -0.2) is 12.7 Å². The van der Waals surface area contributed by atoms with Crippen molar-refractivity contribution >= 4 is 33.2 Å². The zero-order valence-corrected chi connectivity index (χ0v) is 15.5. The Morgan fingerprint density at radius 3 is 2.29 bits per heavy atom. The number of nitrogens with one attached hydrogen (secondary N) is 1. The number of amides is 1. The van der Waals surface area contributed by atoms with Gasteiger partial charge in [0.25, 0.3) is 5.91 Å². The number of rotatable bonds is 4. The molecular weight excluding hydrogens is 348 g/mol. The summed E-state index contributed by atoms with van der Waals surface area (Å²) in [5, 5.41) is 2.84. The second kappa shape index (κ2) is 6.93. The van der Waals surface area contributed by atoms with Crippen LogP contribution in [0.15, 0.2) is 41.3 Å². The van der Waals surface area contributed by atoms with Crippen LogP contribution < -0.4 is 5.32 Å². The molecule has 0 saturated carbocycles. The topological polar surface area (TPSA) is 66.5 Å². The third-order valence-electron chi connectivity index (χ3n) is 3.72. The quantitative estimate of drug-likeness (QED) is 0.901. The van der Waals surface area contributed by atoms with Gasteiger partial charge in [0, 0.05) is 25.3 Å². The molecule has 0 aromatic heterocycles. The Kier molecular flexibility index (Phi) is 5.32. The minimum absolute atomic E-state index is 0.0754. The fourth-order valence-corrected chi connectivity index (χ4v) is 3.46. The van der Waals surface area contributed by atoms with Crippen molar-refractivity contribution in [2.75, 3.05) is 19.4 Å². The molecule has 0 radical (unpaired) electrons. The third-order valence-corrected chi connectivity index (χ3v) is 6.01. The van der Waals surface area contributed by atoms with Crippen LogP contribution in [0.5, 0.6) is 0 Å². The van der Waals surface area contributed by atoms with Gasteiger partial charge in [-0.2, -0.15) is 0 Å². The molecule has 128 valence electrons. The molecule has 0 aliphatic heterocycles. The van der Waals surface area contributed by atoms with Crippen molar-refractivity contribution < 1.29 is 13.2 Å². The highest BCUT2D eigenvalue weighted by molar-refractivity contribution is 7.89. The number of halogens is 1. The van der Waals surface area contributed by atoms with Crippen LogP contribution in [0, 0.1) is 13.8 Å². The maximum absolute atomic E-state index is 12.4. The van der Waals surface area contributed by atoms with Crippen LogP contribution >= 0.6 is 11.6 Å². The first-order valence-electron chi connectivity index (χ1n) is 7.23. The van der Waals surface area contributed by atoms with Gasteiger partial charge in [0.05, 0.1) is 5.02 Å². The molecule has 24 heavy (non-hydrogen) atoms. The van der Waals surface area contributed by atoms with Gasteiger partial charge in [0.1, 0.15) is 4.90 Å². The average Bonchev–Trinajstić information content (AvgIpc) is 2.51. The zero-order valence-electron chi connectivity index (χ0n) is 13.9. The normalized spacial score (nSPS) is 11.6. The van der Waals surface area contributed by atoms with Gasteiger partial charge < -0.3 is 5.32 Å². The molecule has 0 heterocycles. The molecule has 1 N–H and O–H groups in total. The van der Waals surface area contributed by atoms with Gasteiger partial charge in [-0.05, 0) is 55.3 Å². The monoisotopic (exact) mass is 366 g/mol. The largest absolute Gasteiger partial charge is 0.322 e. The number of benzene rings is 2. The van der Waals surface area contributed by atoms with E-state index >= 15 is 0 Å². The SMILES string of the molecule is Cc1ccc(NC(=O)c2ccc(Cl)c(S(=O)(=O)N(C)C)c2)cc1C. The molecule has 7 heteroatoms. The van der Waals surface area contributed by atoms with E-state index in [1.165, 1.54) is 32.3 Å². The highest BCUT2D eigenvalue weighted by Crippen LogP contribution is 2.25. The van der Waals surface area contributed by atoms with Gasteiger partial charge in [0.15, 0.2) is 0 Å². The first-order chi connectivity index (χ1) is 11.1. The predicted molar refractivity (Wildman–Crippen MR) is 96.2 cm³/mol. The van der Waals surface area contributed by atoms with Crippen LogP contribution in [0.4, 0.5) is 5.69 Å². The summed E-state index contributed by atoms with van der Waals surface area (Å²) in [7, 11) is -0.907. The molecule has 1 amide bonds. The molecule has 0 bridgehead atoms. The number of carbonyl (C=O) groups is 1. The molecule has 2 aromatic carbocycles. The van der Waals surface area contributed by atoms with Crippen molar-refractivity contribution in [2.45, 2.75) is 18.7 Å². The molecular formula is C17H19ClN2O3S. The summed E-state index contributed by atoms with van der Waals surface area (Å²) in [6.07, 6.45) is 0. The Balaban J connectivity index is 2.35. The summed E-state index contributed by atoms with van der Waals surface area (Å²) in [4.78, 5) is 12.3. The van der Waals surface area contributed by atoms with Crippen molar-refractivity contribution in [3.63, 3.8) is 0 Å². The molecule has 0 aliphatic carbocycles. The number of aryl methyl sites for hydroxylation is 2. The number of anilines is 1. The van der Waals surface area contributed by atoms with E-state index in [1.807, 2.05) is 26.0 Å². The number of sulfonamides is 1. The average molecular weight is 367 g/mol. The Hall–Kier alpha value is -1.89. The van der Waals surface area contributed by atoms with Crippen LogP contribution in [-0.4, -0.2) is 32.7 Å². The number of hydrogen-bond donors (Lipinski definition) is 1. The van der Waals surface area contributed by atoms with Gasteiger partial charge in [-0.1, -0.05) is 17.7 Å². The molecule has 0 fully saturated rings. The fourth-order valence-electron chi connectivity index (χ4n) is 2.06. The van der Waals surface area contributed by atoms with E-state index in [1.54, 1.807) is 6.07 Å². The van der Waals surface area contributed by atoms with Gasteiger partial charge in [0.2, 0.25) is 10.0 Å². The smallest absolute Gasteiger partial charge is 0.255 e. The maximum atomic E-state index is 12.4. The standard InChI is InChI=1S/C17H19ClN2O3S/c1-11-5-7-14(9-12(11)2)19-17(21)13-6-8-15(18)16(10-13)24(22,23)20(3)4/h5-10H,1-4H3,(H,19,21). The Morgan fingerprint density at radius 1 is 1.04 bits per heavy atom. The molecule has 0 spiro atoms. The van der Waals surface area contributed by atoms with E-state index in [4.69, 9.17) is 11.6 Å². The van der Waals surface area contributed by atoms with Crippen molar-refractivity contribution in [3.8, 4) is 0 Å². The maximum Gasteiger partial charge on any atom is 0.255 e. The highest BCUT2D eigenvalue weighted by Gasteiger charge is 2.22. The first kappa shape index (κ1) is 18.4. The lowest BCUT2D eigenvalue weighted by Crippen LogP contribution is -2.23. The molecule has 2 aromatic rings. The third kappa shape index (κ3) is 3.77. The Bertz CT molecular complexity index is 893. The van der Waals surface area contributed by atoms with E-state index in [0.29, 0.717) is 5.69 Å². The van der Waals surface area contributed by atoms with E-state index in [-0.39, 0.29) is 15.5 Å². The van der Waals surface area contributed by atoms with Crippen molar-refractivity contribution in [2.24, 2.45) is 0 Å². The van der Waals surface area contributed by atoms with Crippen LogP contribution in [0.2, 0.25) is 5.02 Å². The predicted octanol–water partition coefficient (Wildman–Crippen LogP) is 3.46. The molecule has 0 atom stereocenters. The highest BCUT2D eigenvalue weighted by atomic mass is 35.5. The summed E-state index contributed by atoms with van der Waals surface area (Å²) >= 11 is 5.99. The molecule has 2 rings (SSSR count). The lowest BCUT2D eigenvalue weighted by molar-refractivity contribution is 0.102. The van der Waals surface area contributed by atoms with Crippen molar-refractivity contribution in [1.82, 2.24) is 4.31 Å². The van der Waals surface area contributed by atoms with Crippen LogP contribution in [0.3, 0.4) is 0 Å². The fraction of sp³-hybridized carbons (Fsp3) is 0.235. The van der Waals surface area contributed by atoms with Crippen LogP contribution in [0.1, 0.15) is 21.5 Å². The molecule has 0 aliphatic rings. The number of nitrogens with zero attached hydrogens (tertiary/aromatic N) is 1. The summed E-state index contributed by atoms with van der Waals surface area (Å²) in [6, 6.07) is 9.76. The lowest BCUT2D eigenvalue weighted by Gasteiger charge is -2.14. The Morgan fingerprint density at radius 2 is 1.71 bits per heavy atom. The summed E-state index contributed by atoms with van der Waals surface area (Å²) in [5.74, 6) is -0.398. The first-order valence-corrected chi connectivity index (χ1v) is 9.05. The van der Waals surface area contributed by atoms with Crippen LogP contribution in [-0.2, 0) is 10.0 Å². The van der Waals surface area contributed by atoms with E-state index in [9.17, 15) is 13.2 Å². The van der Waals surface area contributed by atoms with E-state index in [0.717, 1.165) is 15.4 Å². The number of hydrogen-bond acceptors (Lipinski definition) is 3. The molecule has 0 unspecified atom stereocenters. The molecule has 0 saturated heterocycles. The zero-order chi connectivity index (χ0) is 18.1. The van der Waals surface area contributed by atoms with Crippen molar-refractivity contribution in [3.05, 3.63) is 58.1 Å². The van der Waals surface area contributed by atoms with Gasteiger partial charge >= 0.3 is 0 Å². The lowest BCUT2D eigenvalue weighted by atomic mass is 10.1. The van der Waals surface area contributed by atoms with Crippen LogP contribution in [0.25, 0.3) is 0 Å². The van der Waals surface area contributed by atoms with Crippen molar-refractivity contribution in [1.29, 1.82) is 0 Å². The summed E-state index contributed by atoms with van der Waals surface area (Å²) in [5.41, 5.74) is 3.05. The number of carbonyl (C=O) groups excluding carboxylic acids is 1. The Labute approximate surface area is 147 Å². The molecule has 5 nitrogen and oxygen atoms in total. The minimum Gasteiger partial charge on any atom is -0.322 e. The second-order valence-corrected chi connectivity index (χ2v) is 8.21. The minimum atomic E-state index is -3.73. The summed E-state index contributed by atoms with van der Waals surface area (Å²) < 4.78 is 25.6. The summed E-state index contributed by atoms with van der Waals surface area (Å²) in [6.45, 7) is 3.94. The van der Waals surface area contributed by atoms with Gasteiger partial charge in [-0.15, -0.1) is 0 Å². The second-order valence-electron chi connectivity index (χ2n) is 5.69. The van der Waals surface area contributed by atoms with Gasteiger partial charge in [-0.3, -0.25) is 4.79 Å². The van der Waals surface area contributed by atoms with E-state index in [2.05, 4.69) is 5.32 Å².